The van der Waals surface area contributed by atoms with Crippen molar-refractivity contribution in [2.45, 2.75) is 33.2 Å². The highest BCUT2D eigenvalue weighted by Crippen LogP contribution is 2.44. The predicted octanol–water partition coefficient (Wildman–Crippen LogP) is 5.90. The molecule has 0 aliphatic carbocycles. The molecule has 3 aromatic carbocycles. The molecule has 1 aromatic heterocycles. The highest BCUT2D eigenvalue weighted by Gasteiger charge is 2.48. The summed E-state index contributed by atoms with van der Waals surface area (Å²) in [5.41, 5.74) is 3.60. The number of amides is 1. The Morgan fingerprint density at radius 3 is 2.49 bits per heavy atom. The van der Waals surface area contributed by atoms with Gasteiger partial charge in [-0.1, -0.05) is 36.5 Å². The van der Waals surface area contributed by atoms with Gasteiger partial charge in [0, 0.05) is 5.56 Å². The Kier molecular flexibility index (Phi) is 6.43. The first-order chi connectivity index (χ1) is 17.8. The summed E-state index contributed by atoms with van der Waals surface area (Å²) in [4.78, 5) is 32.9. The van der Waals surface area contributed by atoms with Gasteiger partial charge in [-0.15, -0.1) is 0 Å². The number of phenolic OH excluding ortho intramolecular Hbond substituents is 1. The zero-order valence-corrected chi connectivity index (χ0v) is 21.5. The van der Waals surface area contributed by atoms with Crippen LogP contribution < -0.4 is 9.64 Å². The van der Waals surface area contributed by atoms with E-state index >= 15 is 0 Å². The van der Waals surface area contributed by atoms with Crippen molar-refractivity contribution in [3.8, 4) is 11.5 Å². The van der Waals surface area contributed by atoms with Crippen LogP contribution in [0.5, 0.6) is 11.5 Å². The predicted molar refractivity (Wildman–Crippen MR) is 144 cm³/mol. The number of anilines is 1. The Morgan fingerprint density at radius 2 is 1.81 bits per heavy atom. The van der Waals surface area contributed by atoms with Crippen molar-refractivity contribution >= 4 is 44.1 Å². The van der Waals surface area contributed by atoms with E-state index in [1.807, 2.05) is 32.0 Å². The summed E-state index contributed by atoms with van der Waals surface area (Å²) in [6.45, 7) is 6.30. The molecule has 0 bridgehead atoms. The van der Waals surface area contributed by atoms with Crippen molar-refractivity contribution in [1.82, 2.24) is 4.98 Å². The van der Waals surface area contributed by atoms with Gasteiger partial charge in [-0.05, 0) is 79.4 Å². The van der Waals surface area contributed by atoms with E-state index in [1.165, 1.54) is 28.4 Å². The number of ketones is 1. The van der Waals surface area contributed by atoms with Crippen molar-refractivity contribution in [3.63, 3.8) is 0 Å². The number of aliphatic hydroxyl groups is 1. The number of carbonyl (C=O) groups excluding carboxylic acids is 2. The van der Waals surface area contributed by atoms with E-state index in [2.05, 4.69) is 11.9 Å². The highest BCUT2D eigenvalue weighted by molar-refractivity contribution is 7.22. The number of thiazole rings is 1. The average molecular weight is 515 g/mol. The molecule has 5 rings (SSSR count). The summed E-state index contributed by atoms with van der Waals surface area (Å²) in [5.74, 6) is -1.11. The van der Waals surface area contributed by atoms with E-state index in [-0.39, 0.29) is 17.1 Å². The fraction of sp³-hybridized carbons (Fsp3) is 0.207. The van der Waals surface area contributed by atoms with Crippen LogP contribution in [0, 0.1) is 6.92 Å². The average Bonchev–Trinajstić information content (AvgIpc) is 3.43. The van der Waals surface area contributed by atoms with E-state index in [0.717, 1.165) is 27.8 Å². The van der Waals surface area contributed by atoms with E-state index in [1.54, 1.807) is 30.3 Å². The van der Waals surface area contributed by atoms with Gasteiger partial charge in [0.1, 0.15) is 17.3 Å². The van der Waals surface area contributed by atoms with Gasteiger partial charge in [0.25, 0.3) is 5.78 Å². The van der Waals surface area contributed by atoms with Crippen molar-refractivity contribution in [3.05, 3.63) is 88.5 Å². The molecule has 2 heterocycles. The maximum absolute atomic E-state index is 13.4. The number of benzene rings is 3. The van der Waals surface area contributed by atoms with Crippen molar-refractivity contribution in [2.24, 2.45) is 0 Å². The minimum Gasteiger partial charge on any atom is -0.508 e. The molecule has 0 spiro atoms. The lowest BCUT2D eigenvalue weighted by atomic mass is 9.95. The number of aromatic hydroxyl groups is 1. The monoisotopic (exact) mass is 514 g/mol. The number of ether oxygens (including phenoxy) is 1. The molecule has 188 valence electrons. The second-order valence-electron chi connectivity index (χ2n) is 8.83. The van der Waals surface area contributed by atoms with E-state index in [0.29, 0.717) is 28.6 Å². The Bertz CT molecular complexity index is 1550. The molecular formula is C29H26N2O5S. The molecular weight excluding hydrogens is 488 g/mol. The van der Waals surface area contributed by atoms with Gasteiger partial charge in [0.15, 0.2) is 5.13 Å². The first-order valence-electron chi connectivity index (χ1n) is 12.1. The molecule has 7 nitrogen and oxygen atoms in total. The van der Waals surface area contributed by atoms with Gasteiger partial charge < -0.3 is 14.9 Å². The first-order valence-corrected chi connectivity index (χ1v) is 12.9. The molecule has 1 saturated heterocycles. The topological polar surface area (TPSA) is 100.0 Å². The van der Waals surface area contributed by atoms with Crippen LogP contribution in [-0.4, -0.2) is 33.5 Å². The highest BCUT2D eigenvalue weighted by atomic mass is 32.1. The van der Waals surface area contributed by atoms with Crippen molar-refractivity contribution < 1.29 is 24.5 Å². The molecule has 1 amide bonds. The largest absolute Gasteiger partial charge is 0.508 e. The van der Waals surface area contributed by atoms with Crippen molar-refractivity contribution in [2.75, 3.05) is 11.5 Å². The van der Waals surface area contributed by atoms with Crippen LogP contribution in [0.2, 0.25) is 0 Å². The van der Waals surface area contributed by atoms with Crippen molar-refractivity contribution in [1.29, 1.82) is 0 Å². The molecule has 1 aliphatic heterocycles. The standard InChI is InChI=1S/C29H26N2O5S/c1-4-17-6-12-21-23(15-17)37-29(30-21)31-25(18-7-10-20(32)11-8-18)24(27(34)28(31)35)26(33)19-9-13-22(36-5-2)16(3)14-19/h6-15,25,32-33H,4-5H2,1-3H3/b26-24+. The van der Waals surface area contributed by atoms with Gasteiger partial charge in [-0.2, -0.15) is 0 Å². The number of rotatable bonds is 6. The smallest absolute Gasteiger partial charge is 0.301 e. The summed E-state index contributed by atoms with van der Waals surface area (Å²) >= 11 is 1.32. The maximum Gasteiger partial charge on any atom is 0.301 e. The van der Waals surface area contributed by atoms with Gasteiger partial charge >= 0.3 is 5.91 Å². The Hall–Kier alpha value is -4.17. The van der Waals surface area contributed by atoms with Gasteiger partial charge in [0.2, 0.25) is 0 Å². The molecule has 1 unspecified atom stereocenters. The first kappa shape index (κ1) is 24.5. The van der Waals surface area contributed by atoms with Crippen LogP contribution in [0.25, 0.3) is 16.0 Å². The van der Waals surface area contributed by atoms with Gasteiger partial charge in [-0.25, -0.2) is 4.98 Å². The number of Topliss-reactive ketones (excluding diaryl/α,β-unsaturated/α-hetero) is 1. The molecule has 1 aliphatic rings. The number of aryl methyl sites for hydroxylation is 2. The third-order valence-electron chi connectivity index (χ3n) is 6.46. The number of aliphatic hydroxyl groups excluding tert-OH is 1. The molecule has 1 atom stereocenters. The Balaban J connectivity index is 1.69. The van der Waals surface area contributed by atoms with Crippen LogP contribution in [0.4, 0.5) is 5.13 Å². The summed E-state index contributed by atoms with van der Waals surface area (Å²) in [6, 6.07) is 16.4. The maximum atomic E-state index is 13.4. The molecule has 37 heavy (non-hydrogen) atoms. The van der Waals surface area contributed by atoms with Gasteiger partial charge in [0.05, 0.1) is 28.4 Å². The number of fused-ring (bicyclic) bond motifs is 1. The fourth-order valence-corrected chi connectivity index (χ4v) is 5.61. The lowest BCUT2D eigenvalue weighted by Gasteiger charge is -2.23. The fourth-order valence-electron chi connectivity index (χ4n) is 4.55. The summed E-state index contributed by atoms with van der Waals surface area (Å²) < 4.78 is 6.50. The van der Waals surface area contributed by atoms with Gasteiger partial charge in [-0.3, -0.25) is 14.5 Å². The Labute approximate surface area is 218 Å². The number of hydrogen-bond acceptors (Lipinski definition) is 7. The van der Waals surface area contributed by atoms with E-state index in [9.17, 15) is 19.8 Å². The number of aromatic nitrogens is 1. The molecule has 1 fully saturated rings. The zero-order valence-electron chi connectivity index (χ0n) is 20.7. The van der Waals surface area contributed by atoms with Crippen LogP contribution in [0.3, 0.4) is 0 Å². The minimum absolute atomic E-state index is 0.0345. The quantitative estimate of drug-likeness (QED) is 0.189. The summed E-state index contributed by atoms with van der Waals surface area (Å²) in [6.07, 6.45) is 0.864. The van der Waals surface area contributed by atoms with E-state index in [4.69, 9.17) is 4.74 Å². The zero-order chi connectivity index (χ0) is 26.3. The number of hydrogen-bond donors (Lipinski definition) is 2. The molecule has 2 N–H and O–H groups in total. The van der Waals surface area contributed by atoms with Crippen LogP contribution in [0.1, 0.15) is 42.1 Å². The molecule has 0 radical (unpaired) electrons. The second kappa shape index (κ2) is 9.71. The molecule has 4 aromatic rings. The SMILES string of the molecule is CCOc1ccc(/C(O)=C2\C(=O)C(=O)N(c3nc4ccc(CC)cc4s3)C2c2ccc(O)cc2)cc1C. The lowest BCUT2D eigenvalue weighted by molar-refractivity contribution is -0.132. The normalized spacial score (nSPS) is 17.1. The summed E-state index contributed by atoms with van der Waals surface area (Å²) in [5, 5.41) is 21.6. The summed E-state index contributed by atoms with van der Waals surface area (Å²) in [7, 11) is 0. The van der Waals surface area contributed by atoms with E-state index < -0.39 is 17.7 Å². The molecule has 8 heteroatoms. The third-order valence-corrected chi connectivity index (χ3v) is 7.47. The number of carbonyl (C=O) groups is 2. The Morgan fingerprint density at radius 1 is 1.05 bits per heavy atom. The number of nitrogens with zero attached hydrogens (tertiary/aromatic N) is 2. The minimum atomic E-state index is -0.918. The van der Waals surface area contributed by atoms with Crippen LogP contribution in [-0.2, 0) is 16.0 Å². The lowest BCUT2D eigenvalue weighted by Crippen LogP contribution is -2.29. The second-order valence-corrected chi connectivity index (χ2v) is 9.84. The van der Waals surface area contributed by atoms with Crippen LogP contribution >= 0.6 is 11.3 Å². The third kappa shape index (κ3) is 4.34. The van der Waals surface area contributed by atoms with Crippen LogP contribution in [0.15, 0.2) is 66.2 Å². The molecule has 0 saturated carbocycles. The number of phenols is 1.